The Morgan fingerprint density at radius 2 is 1.80 bits per heavy atom. The summed E-state index contributed by atoms with van der Waals surface area (Å²) in [7, 11) is 0. The van der Waals surface area contributed by atoms with E-state index in [9.17, 15) is 4.79 Å². The fraction of sp³-hybridized carbons (Fsp3) is 0.200. The van der Waals surface area contributed by atoms with Gasteiger partial charge in [0.1, 0.15) is 0 Å². The zero-order valence-corrected chi connectivity index (χ0v) is 15.1. The Kier molecular flexibility index (Phi) is 5.56. The maximum atomic E-state index is 12.5. The van der Waals surface area contributed by atoms with Gasteiger partial charge in [0.25, 0.3) is 5.91 Å². The second kappa shape index (κ2) is 8.03. The van der Waals surface area contributed by atoms with Crippen molar-refractivity contribution in [2.45, 2.75) is 18.2 Å². The molecule has 3 rings (SSSR count). The van der Waals surface area contributed by atoms with Crippen LogP contribution in [-0.2, 0) is 0 Å². The molecule has 1 aromatic heterocycles. The fourth-order valence-corrected chi connectivity index (χ4v) is 2.85. The van der Waals surface area contributed by atoms with Crippen molar-refractivity contribution in [2.75, 3.05) is 12.8 Å². The molecular weight excluding hydrogens is 332 g/mol. The lowest BCUT2D eigenvalue weighted by Gasteiger charge is -2.02. The topological polar surface area (TPSA) is 55.1 Å². The summed E-state index contributed by atoms with van der Waals surface area (Å²) in [5.74, 6) is 0.739. The number of aromatic nitrogens is 1. The molecule has 0 spiro atoms. The van der Waals surface area contributed by atoms with E-state index in [1.54, 1.807) is 11.8 Å². The highest BCUT2D eigenvalue weighted by molar-refractivity contribution is 7.98. The lowest BCUT2D eigenvalue weighted by atomic mass is 10.1. The molecule has 3 aromatic rings. The van der Waals surface area contributed by atoms with Crippen LogP contribution < -0.4 is 5.32 Å². The molecule has 0 fully saturated rings. The average Bonchev–Trinajstić information content (AvgIpc) is 3.12. The van der Waals surface area contributed by atoms with Gasteiger partial charge in [-0.25, -0.2) is 4.98 Å². The Hall–Kier alpha value is -2.53. The second-order valence-electron chi connectivity index (χ2n) is 5.55. The Labute approximate surface area is 151 Å². The largest absolute Gasteiger partial charge is 0.435 e. The summed E-state index contributed by atoms with van der Waals surface area (Å²) in [5.41, 5.74) is 2.01. The molecule has 0 saturated carbocycles. The van der Waals surface area contributed by atoms with Gasteiger partial charge in [0, 0.05) is 22.6 Å². The summed E-state index contributed by atoms with van der Waals surface area (Å²) in [4.78, 5) is 18.2. The van der Waals surface area contributed by atoms with Crippen LogP contribution in [0.1, 0.15) is 23.8 Å². The number of benzene rings is 2. The number of oxazole rings is 1. The normalized spacial score (nSPS) is 10.6. The quantitative estimate of drug-likeness (QED) is 0.643. The lowest BCUT2D eigenvalue weighted by Crippen LogP contribution is -2.24. The molecule has 0 atom stereocenters. The van der Waals surface area contributed by atoms with Gasteiger partial charge in [-0.2, -0.15) is 0 Å². The molecule has 25 heavy (non-hydrogen) atoms. The van der Waals surface area contributed by atoms with E-state index in [1.165, 1.54) is 4.90 Å². The minimum Gasteiger partial charge on any atom is -0.435 e. The van der Waals surface area contributed by atoms with Gasteiger partial charge in [0.05, 0.1) is 0 Å². The van der Waals surface area contributed by atoms with E-state index in [4.69, 9.17) is 4.42 Å². The molecule has 1 N–H and O–H groups in total. The zero-order valence-electron chi connectivity index (χ0n) is 14.3. The number of carbonyl (C=O) groups is 1. The zero-order chi connectivity index (χ0) is 17.6. The van der Waals surface area contributed by atoms with Crippen LogP contribution in [0.4, 0.5) is 0 Å². The van der Waals surface area contributed by atoms with Crippen molar-refractivity contribution in [2.24, 2.45) is 0 Å². The molecule has 5 heteroatoms. The van der Waals surface area contributed by atoms with E-state index in [1.807, 2.05) is 67.8 Å². The first kappa shape index (κ1) is 17.3. The SMILES string of the molecule is CCCNC(=O)c1nc(-c2ccc(SC)cc2)oc1-c1ccccc1. The summed E-state index contributed by atoms with van der Waals surface area (Å²) in [6, 6.07) is 17.5. The van der Waals surface area contributed by atoms with Crippen molar-refractivity contribution < 1.29 is 9.21 Å². The van der Waals surface area contributed by atoms with Crippen molar-refractivity contribution in [3.63, 3.8) is 0 Å². The maximum Gasteiger partial charge on any atom is 0.273 e. The van der Waals surface area contributed by atoms with Gasteiger partial charge in [0.2, 0.25) is 5.89 Å². The third-order valence-corrected chi connectivity index (χ3v) is 4.49. The molecule has 0 aliphatic carbocycles. The number of amides is 1. The summed E-state index contributed by atoms with van der Waals surface area (Å²) >= 11 is 1.68. The standard InChI is InChI=1S/C20H20N2O2S/c1-3-13-21-19(23)17-18(14-7-5-4-6-8-14)24-20(22-17)15-9-11-16(25-2)12-10-15/h4-12H,3,13H2,1-2H3,(H,21,23). The van der Waals surface area contributed by atoms with Gasteiger partial charge in [-0.1, -0.05) is 37.3 Å². The van der Waals surface area contributed by atoms with Crippen LogP contribution in [0.15, 0.2) is 63.9 Å². The van der Waals surface area contributed by atoms with Crippen LogP contribution in [0.5, 0.6) is 0 Å². The highest BCUT2D eigenvalue weighted by Gasteiger charge is 2.21. The van der Waals surface area contributed by atoms with Gasteiger partial charge in [-0.15, -0.1) is 11.8 Å². The minimum absolute atomic E-state index is 0.212. The third-order valence-electron chi connectivity index (χ3n) is 3.75. The van der Waals surface area contributed by atoms with Crippen molar-refractivity contribution in [3.8, 4) is 22.8 Å². The Bertz CT molecular complexity index is 842. The van der Waals surface area contributed by atoms with Crippen LogP contribution >= 0.6 is 11.8 Å². The molecule has 128 valence electrons. The first-order valence-electron chi connectivity index (χ1n) is 8.21. The van der Waals surface area contributed by atoms with Crippen LogP contribution in [0, 0.1) is 0 Å². The van der Waals surface area contributed by atoms with E-state index < -0.39 is 0 Å². The Balaban J connectivity index is 2.02. The van der Waals surface area contributed by atoms with Crippen LogP contribution in [0.2, 0.25) is 0 Å². The Morgan fingerprint density at radius 1 is 1.08 bits per heavy atom. The number of nitrogens with one attached hydrogen (secondary N) is 1. The Morgan fingerprint density at radius 3 is 2.44 bits per heavy atom. The molecule has 0 aliphatic rings. The monoisotopic (exact) mass is 352 g/mol. The smallest absolute Gasteiger partial charge is 0.273 e. The number of rotatable bonds is 6. The van der Waals surface area contributed by atoms with E-state index in [-0.39, 0.29) is 5.91 Å². The highest BCUT2D eigenvalue weighted by Crippen LogP contribution is 2.30. The first-order chi connectivity index (χ1) is 12.2. The number of nitrogens with zero attached hydrogens (tertiary/aromatic N) is 1. The summed E-state index contributed by atoms with van der Waals surface area (Å²) in [6.07, 6.45) is 2.90. The number of hydrogen-bond donors (Lipinski definition) is 1. The van der Waals surface area contributed by atoms with Gasteiger partial charge in [0.15, 0.2) is 11.5 Å². The second-order valence-corrected chi connectivity index (χ2v) is 6.43. The highest BCUT2D eigenvalue weighted by atomic mass is 32.2. The number of carbonyl (C=O) groups excluding carboxylic acids is 1. The van der Waals surface area contributed by atoms with Crippen LogP contribution in [-0.4, -0.2) is 23.7 Å². The maximum absolute atomic E-state index is 12.5. The molecule has 1 heterocycles. The van der Waals surface area contributed by atoms with Gasteiger partial charge < -0.3 is 9.73 Å². The molecule has 0 bridgehead atoms. The van der Waals surface area contributed by atoms with E-state index in [0.717, 1.165) is 17.5 Å². The molecular formula is C20H20N2O2S. The van der Waals surface area contributed by atoms with Crippen molar-refractivity contribution in [1.82, 2.24) is 10.3 Å². The minimum atomic E-state index is -0.212. The fourth-order valence-electron chi connectivity index (χ4n) is 2.44. The summed E-state index contributed by atoms with van der Waals surface area (Å²) in [5, 5.41) is 2.88. The van der Waals surface area contributed by atoms with Crippen LogP contribution in [0.25, 0.3) is 22.8 Å². The lowest BCUT2D eigenvalue weighted by molar-refractivity contribution is 0.0949. The van der Waals surface area contributed by atoms with Gasteiger partial charge >= 0.3 is 0 Å². The first-order valence-corrected chi connectivity index (χ1v) is 9.44. The van der Waals surface area contributed by atoms with Gasteiger partial charge in [-0.05, 0) is 36.9 Å². The van der Waals surface area contributed by atoms with Crippen molar-refractivity contribution >= 4 is 17.7 Å². The predicted molar refractivity (Wildman–Crippen MR) is 102 cm³/mol. The third kappa shape index (κ3) is 3.94. The predicted octanol–water partition coefficient (Wildman–Crippen LogP) is 4.87. The number of thioether (sulfide) groups is 1. The van der Waals surface area contributed by atoms with Crippen molar-refractivity contribution in [1.29, 1.82) is 0 Å². The molecule has 2 aromatic carbocycles. The van der Waals surface area contributed by atoms with E-state index >= 15 is 0 Å². The van der Waals surface area contributed by atoms with E-state index in [2.05, 4.69) is 10.3 Å². The molecule has 4 nitrogen and oxygen atoms in total. The summed E-state index contributed by atoms with van der Waals surface area (Å²) in [6.45, 7) is 2.62. The number of hydrogen-bond acceptors (Lipinski definition) is 4. The van der Waals surface area contributed by atoms with Gasteiger partial charge in [-0.3, -0.25) is 4.79 Å². The van der Waals surface area contributed by atoms with E-state index in [0.29, 0.717) is 23.9 Å². The molecule has 0 aliphatic heterocycles. The van der Waals surface area contributed by atoms with Crippen LogP contribution in [0.3, 0.4) is 0 Å². The molecule has 0 unspecified atom stereocenters. The average molecular weight is 352 g/mol. The molecule has 1 amide bonds. The van der Waals surface area contributed by atoms with Crippen molar-refractivity contribution in [3.05, 3.63) is 60.3 Å². The summed E-state index contributed by atoms with van der Waals surface area (Å²) < 4.78 is 5.98. The molecule has 0 radical (unpaired) electrons. The molecule has 0 saturated heterocycles.